The van der Waals surface area contributed by atoms with E-state index in [1.165, 1.54) is 4.02 Å². The van der Waals surface area contributed by atoms with Gasteiger partial charge in [0, 0.05) is 0 Å². The summed E-state index contributed by atoms with van der Waals surface area (Å²) in [5, 5.41) is 3.40. The van der Waals surface area contributed by atoms with E-state index in [0.717, 1.165) is 0 Å². The Hall–Kier alpha value is 0.518. The van der Waals surface area contributed by atoms with E-state index in [2.05, 4.69) is 33.0 Å². The number of rotatable bonds is 3. The van der Waals surface area contributed by atoms with Crippen molar-refractivity contribution < 1.29 is 19.4 Å². The zero-order chi connectivity index (χ0) is 7.44. The number of hydrogen-bond acceptors (Lipinski definition) is 1. The Kier molecular flexibility index (Phi) is 4.60. The van der Waals surface area contributed by atoms with E-state index in [-0.39, 0.29) is 0 Å². The first-order chi connectivity index (χ1) is 4.04. The molecule has 1 N–H and O–H groups in total. The molecule has 0 saturated heterocycles. The van der Waals surface area contributed by atoms with Crippen molar-refractivity contribution in [2.45, 2.75) is 33.7 Å². The fourth-order valence-electron chi connectivity index (χ4n) is 0.451. The van der Waals surface area contributed by atoms with Gasteiger partial charge in [0.1, 0.15) is 0 Å². The zero-order valence-corrected chi connectivity index (χ0v) is 9.50. The van der Waals surface area contributed by atoms with Crippen LogP contribution in [0.15, 0.2) is 0 Å². The Morgan fingerprint density at radius 1 is 1.22 bits per heavy atom. The first-order valence-corrected chi connectivity index (χ1v) is 4.81. The molecular formula is C7H15NW. The van der Waals surface area contributed by atoms with Gasteiger partial charge in [-0.15, -0.1) is 0 Å². The second kappa shape index (κ2) is 4.35. The first kappa shape index (κ1) is 9.52. The molecule has 0 aliphatic rings. The first-order valence-electron chi connectivity index (χ1n) is 3.34. The molecule has 0 aliphatic heterocycles. The van der Waals surface area contributed by atoms with Gasteiger partial charge in [0.05, 0.1) is 0 Å². The summed E-state index contributed by atoms with van der Waals surface area (Å²) in [4.78, 5) is 0. The minimum atomic E-state index is 0.597. The van der Waals surface area contributed by atoms with Gasteiger partial charge in [-0.25, -0.2) is 0 Å². The number of hydrogen-bond donors (Lipinski definition) is 1. The molecule has 0 bridgehead atoms. The number of nitrogens with one attached hydrogen (secondary N) is 1. The van der Waals surface area contributed by atoms with Crippen molar-refractivity contribution in [1.29, 1.82) is 0 Å². The van der Waals surface area contributed by atoms with Gasteiger partial charge in [-0.1, -0.05) is 0 Å². The van der Waals surface area contributed by atoms with Gasteiger partial charge >= 0.3 is 68.3 Å². The molecule has 0 radical (unpaired) electrons. The normalized spacial score (nSPS) is 10.9. The molecular weight excluding hydrogens is 282 g/mol. The van der Waals surface area contributed by atoms with Crippen LogP contribution in [0.2, 0.25) is 0 Å². The Bertz CT molecular complexity index is 97.1. The SMILES string of the molecule is CC(C)N[C](=[W])C(C)C. The molecule has 2 heteroatoms. The third-order valence-electron chi connectivity index (χ3n) is 0.955. The summed E-state index contributed by atoms with van der Waals surface area (Å²) in [7, 11) is 0. The Morgan fingerprint density at radius 3 is 1.78 bits per heavy atom. The summed E-state index contributed by atoms with van der Waals surface area (Å²) in [6.07, 6.45) is 0. The van der Waals surface area contributed by atoms with Crippen LogP contribution >= 0.6 is 0 Å². The van der Waals surface area contributed by atoms with Crippen LogP contribution in [0, 0.1) is 5.92 Å². The summed E-state index contributed by atoms with van der Waals surface area (Å²) >= 11 is 1.56. The van der Waals surface area contributed by atoms with Gasteiger partial charge < -0.3 is 0 Å². The van der Waals surface area contributed by atoms with Crippen molar-refractivity contribution in [2.75, 3.05) is 0 Å². The fourth-order valence-corrected chi connectivity index (χ4v) is 1.30. The molecule has 0 aromatic heterocycles. The maximum atomic E-state index is 3.40. The van der Waals surface area contributed by atoms with Crippen LogP contribution in [0.5, 0.6) is 0 Å². The molecule has 0 heterocycles. The van der Waals surface area contributed by atoms with Crippen LogP contribution in [0.3, 0.4) is 0 Å². The maximum absolute atomic E-state index is 3.40. The topological polar surface area (TPSA) is 12.0 Å². The fraction of sp³-hybridized carbons (Fsp3) is 0.857. The van der Waals surface area contributed by atoms with Gasteiger partial charge in [-0.2, -0.15) is 0 Å². The van der Waals surface area contributed by atoms with E-state index in [0.29, 0.717) is 12.0 Å². The van der Waals surface area contributed by atoms with Crippen LogP contribution in [0.4, 0.5) is 0 Å². The summed E-state index contributed by atoms with van der Waals surface area (Å²) in [6, 6.07) is 0.597. The van der Waals surface area contributed by atoms with Crippen molar-refractivity contribution in [3.63, 3.8) is 0 Å². The second-order valence-corrected chi connectivity index (χ2v) is 4.40. The molecule has 0 spiro atoms. The van der Waals surface area contributed by atoms with Crippen molar-refractivity contribution in [3.05, 3.63) is 0 Å². The van der Waals surface area contributed by atoms with Gasteiger partial charge in [0.2, 0.25) is 0 Å². The van der Waals surface area contributed by atoms with Gasteiger partial charge in [-0.05, 0) is 0 Å². The van der Waals surface area contributed by atoms with E-state index in [4.69, 9.17) is 0 Å². The third kappa shape index (κ3) is 4.99. The minimum absolute atomic E-state index is 0.597. The molecule has 0 atom stereocenters. The third-order valence-corrected chi connectivity index (χ3v) is 3.07. The predicted octanol–water partition coefficient (Wildman–Crippen LogP) is 1.32. The summed E-state index contributed by atoms with van der Waals surface area (Å²) < 4.78 is 1.46. The van der Waals surface area contributed by atoms with Crippen LogP contribution in [0.25, 0.3) is 0 Å². The molecule has 0 aliphatic carbocycles. The summed E-state index contributed by atoms with van der Waals surface area (Å²) in [5.74, 6) is 0.697. The molecule has 0 amide bonds. The quantitative estimate of drug-likeness (QED) is 0.828. The van der Waals surface area contributed by atoms with Gasteiger partial charge in [-0.3, -0.25) is 0 Å². The van der Waals surface area contributed by atoms with Gasteiger partial charge in [0.25, 0.3) is 0 Å². The monoisotopic (exact) mass is 297 g/mol. The van der Waals surface area contributed by atoms with Crippen LogP contribution in [0.1, 0.15) is 27.7 Å². The van der Waals surface area contributed by atoms with Crippen molar-refractivity contribution in [1.82, 2.24) is 5.32 Å². The second-order valence-electron chi connectivity index (χ2n) is 2.82. The molecule has 0 aromatic carbocycles. The van der Waals surface area contributed by atoms with Crippen LogP contribution < -0.4 is 5.32 Å². The van der Waals surface area contributed by atoms with Crippen LogP contribution in [-0.2, 0) is 19.4 Å². The summed E-state index contributed by atoms with van der Waals surface area (Å²) in [5.41, 5.74) is 0. The molecule has 0 saturated carbocycles. The van der Waals surface area contributed by atoms with Crippen molar-refractivity contribution in [3.8, 4) is 0 Å². The molecule has 1 nitrogen and oxygen atoms in total. The molecule has 0 aromatic rings. The Balaban J connectivity index is 3.51. The molecule has 9 heavy (non-hydrogen) atoms. The average molecular weight is 297 g/mol. The van der Waals surface area contributed by atoms with E-state index < -0.39 is 0 Å². The predicted molar refractivity (Wildman–Crippen MR) is 38.1 cm³/mol. The average Bonchev–Trinajstić information content (AvgIpc) is 1.63. The van der Waals surface area contributed by atoms with E-state index in [1.54, 1.807) is 19.4 Å². The van der Waals surface area contributed by atoms with E-state index in [1.807, 2.05) is 0 Å². The standard InChI is InChI=1S/C7H15N.W/c1-6(2)5-8-7(3)4;/h6-8H,1-4H3;. The van der Waals surface area contributed by atoms with Crippen molar-refractivity contribution >= 4 is 4.02 Å². The van der Waals surface area contributed by atoms with Gasteiger partial charge in [0.15, 0.2) is 0 Å². The Labute approximate surface area is 68.6 Å². The zero-order valence-electron chi connectivity index (χ0n) is 6.56. The van der Waals surface area contributed by atoms with E-state index in [9.17, 15) is 0 Å². The molecule has 0 rings (SSSR count). The molecule has 54 valence electrons. The molecule has 0 fully saturated rings. The Morgan fingerprint density at radius 2 is 1.67 bits per heavy atom. The van der Waals surface area contributed by atoms with E-state index >= 15 is 0 Å². The molecule has 0 unspecified atom stereocenters. The van der Waals surface area contributed by atoms with Crippen LogP contribution in [-0.4, -0.2) is 10.1 Å². The van der Waals surface area contributed by atoms with Crippen molar-refractivity contribution in [2.24, 2.45) is 5.92 Å². The summed E-state index contributed by atoms with van der Waals surface area (Å²) in [6.45, 7) is 8.78.